The molecule has 4 saturated carbocycles. The highest BCUT2D eigenvalue weighted by molar-refractivity contribution is 5.26. The van der Waals surface area contributed by atoms with Gasteiger partial charge in [-0.25, -0.2) is 0 Å². The molecule has 0 saturated heterocycles. The Morgan fingerprint density at radius 1 is 1.25 bits per heavy atom. The Labute approximate surface area is 120 Å². The molecular weight excluding hydrogens is 246 g/mol. The monoisotopic (exact) mass is 269 g/mol. The molecule has 1 N–H and O–H groups in total. The minimum absolute atomic E-state index is 0.753. The first-order chi connectivity index (χ1) is 9.89. The van der Waals surface area contributed by atoms with Crippen molar-refractivity contribution in [1.29, 1.82) is 0 Å². The molecule has 1 aromatic heterocycles. The van der Waals surface area contributed by atoms with Crippen LogP contribution in [0.15, 0.2) is 18.6 Å². The van der Waals surface area contributed by atoms with Gasteiger partial charge in [-0.2, -0.15) is 0 Å². The fourth-order valence-electron chi connectivity index (χ4n) is 6.44. The molecule has 20 heavy (non-hydrogen) atoms. The van der Waals surface area contributed by atoms with Gasteiger partial charge in [-0.05, 0) is 54.8 Å². The Hall–Kier alpha value is -0.960. The van der Waals surface area contributed by atoms with E-state index < -0.39 is 0 Å². The smallest absolute Gasteiger partial charge is 0.0724 e. The van der Waals surface area contributed by atoms with Crippen LogP contribution in [0.5, 0.6) is 0 Å². The largest absolute Gasteiger partial charge is 0.308 e. The fraction of sp³-hybridized carbons (Fsp3) is 0.765. The summed E-state index contributed by atoms with van der Waals surface area (Å²) in [5.41, 5.74) is 1.92. The standard InChI is InChI=1S/C17H23N3/c1-2-4-17-11-7-13(16(17)14(17)3-1)15(8-11)20-10-12-9-18-5-6-19-12/h5-6,9,11,13-16,20H,1-4,7-8,10H2/t11-,13+,14?,15?,16+,17+/m0/s1. The Balaban J connectivity index is 1.28. The molecule has 4 aliphatic carbocycles. The van der Waals surface area contributed by atoms with E-state index >= 15 is 0 Å². The molecule has 4 aliphatic rings. The number of aromatic nitrogens is 2. The average Bonchev–Trinajstić information content (AvgIpc) is 2.89. The van der Waals surface area contributed by atoms with Gasteiger partial charge in [0.05, 0.1) is 5.69 Å². The van der Waals surface area contributed by atoms with Crippen molar-refractivity contribution in [2.24, 2.45) is 29.1 Å². The van der Waals surface area contributed by atoms with Gasteiger partial charge in [0.2, 0.25) is 0 Å². The van der Waals surface area contributed by atoms with Crippen LogP contribution in [0.4, 0.5) is 0 Å². The molecular formula is C17H23N3. The van der Waals surface area contributed by atoms with Crippen LogP contribution in [0.3, 0.4) is 0 Å². The molecule has 1 heterocycles. The van der Waals surface area contributed by atoms with E-state index in [4.69, 9.17) is 0 Å². The second-order valence-electron chi connectivity index (χ2n) is 7.51. The van der Waals surface area contributed by atoms with Gasteiger partial charge in [-0.15, -0.1) is 0 Å². The minimum atomic E-state index is 0.753. The summed E-state index contributed by atoms with van der Waals surface area (Å²) in [6, 6.07) is 0.753. The molecule has 0 aromatic carbocycles. The van der Waals surface area contributed by atoms with Gasteiger partial charge in [0.1, 0.15) is 0 Å². The lowest BCUT2D eigenvalue weighted by atomic mass is 9.77. The maximum absolute atomic E-state index is 4.38. The topological polar surface area (TPSA) is 37.8 Å². The highest BCUT2D eigenvalue weighted by atomic mass is 15.0. The maximum Gasteiger partial charge on any atom is 0.0724 e. The summed E-state index contributed by atoms with van der Waals surface area (Å²) in [6.07, 6.45) is 14.5. The number of rotatable bonds is 3. The van der Waals surface area contributed by atoms with Crippen LogP contribution in [0.1, 0.15) is 44.2 Å². The predicted molar refractivity (Wildman–Crippen MR) is 76.8 cm³/mol. The molecule has 0 amide bonds. The van der Waals surface area contributed by atoms with Crippen LogP contribution in [0.2, 0.25) is 0 Å². The van der Waals surface area contributed by atoms with Crippen molar-refractivity contribution < 1.29 is 0 Å². The average molecular weight is 269 g/mol. The second-order valence-corrected chi connectivity index (χ2v) is 7.51. The Kier molecular flexibility index (Phi) is 2.35. The van der Waals surface area contributed by atoms with E-state index in [1.807, 2.05) is 6.20 Å². The van der Waals surface area contributed by atoms with Crippen LogP contribution in [-0.2, 0) is 6.54 Å². The van der Waals surface area contributed by atoms with Gasteiger partial charge < -0.3 is 5.32 Å². The third kappa shape index (κ3) is 1.40. The first-order valence-corrected chi connectivity index (χ1v) is 8.38. The van der Waals surface area contributed by atoms with Gasteiger partial charge in [0.25, 0.3) is 0 Å². The maximum atomic E-state index is 4.38. The third-order valence-corrected chi connectivity index (χ3v) is 7.01. The van der Waals surface area contributed by atoms with Gasteiger partial charge >= 0.3 is 0 Å². The van der Waals surface area contributed by atoms with E-state index in [9.17, 15) is 0 Å². The first kappa shape index (κ1) is 11.7. The van der Waals surface area contributed by atoms with Gasteiger partial charge in [-0.3, -0.25) is 9.97 Å². The lowest BCUT2D eigenvalue weighted by molar-refractivity contribution is 0.214. The van der Waals surface area contributed by atoms with Crippen molar-refractivity contribution in [3.05, 3.63) is 24.3 Å². The van der Waals surface area contributed by atoms with E-state index in [-0.39, 0.29) is 0 Å². The number of hydrogen-bond donors (Lipinski definition) is 1. The Bertz CT molecular complexity index is 516. The third-order valence-electron chi connectivity index (χ3n) is 7.01. The molecule has 4 fully saturated rings. The van der Waals surface area contributed by atoms with Crippen LogP contribution >= 0.6 is 0 Å². The van der Waals surface area contributed by atoms with E-state index in [0.717, 1.165) is 47.4 Å². The number of fused-ring (bicyclic) bond motifs is 4. The molecule has 2 unspecified atom stereocenters. The van der Waals surface area contributed by atoms with Crippen LogP contribution in [0.25, 0.3) is 0 Å². The molecule has 1 spiro atoms. The molecule has 0 radical (unpaired) electrons. The zero-order chi connectivity index (χ0) is 13.2. The summed E-state index contributed by atoms with van der Waals surface area (Å²) in [6.45, 7) is 0.895. The Morgan fingerprint density at radius 3 is 3.15 bits per heavy atom. The van der Waals surface area contributed by atoms with Crippen molar-refractivity contribution in [2.45, 2.75) is 51.1 Å². The van der Waals surface area contributed by atoms with E-state index in [1.54, 1.807) is 18.8 Å². The van der Waals surface area contributed by atoms with E-state index in [2.05, 4.69) is 15.3 Å². The summed E-state index contributed by atoms with van der Waals surface area (Å²) in [4.78, 5) is 8.53. The fourth-order valence-corrected chi connectivity index (χ4v) is 6.44. The van der Waals surface area contributed by atoms with Crippen molar-refractivity contribution in [3.8, 4) is 0 Å². The van der Waals surface area contributed by atoms with E-state index in [1.165, 1.54) is 32.1 Å². The molecule has 5 rings (SSSR count). The number of nitrogens with one attached hydrogen (secondary N) is 1. The molecule has 6 atom stereocenters. The summed E-state index contributed by atoms with van der Waals surface area (Å²) in [7, 11) is 0. The van der Waals surface area contributed by atoms with Crippen molar-refractivity contribution >= 4 is 0 Å². The van der Waals surface area contributed by atoms with Crippen molar-refractivity contribution in [2.75, 3.05) is 0 Å². The molecule has 3 nitrogen and oxygen atoms in total. The number of hydrogen-bond acceptors (Lipinski definition) is 3. The van der Waals surface area contributed by atoms with Crippen molar-refractivity contribution in [1.82, 2.24) is 15.3 Å². The van der Waals surface area contributed by atoms with Gasteiger partial charge in [0.15, 0.2) is 0 Å². The second kappa shape index (κ2) is 4.03. The van der Waals surface area contributed by atoms with Gasteiger partial charge in [0, 0.05) is 31.2 Å². The van der Waals surface area contributed by atoms with Gasteiger partial charge in [-0.1, -0.05) is 12.8 Å². The molecule has 2 bridgehead atoms. The lowest BCUT2D eigenvalue weighted by Crippen LogP contribution is -2.36. The molecule has 1 aromatic rings. The summed E-state index contributed by atoms with van der Waals surface area (Å²) in [5, 5.41) is 3.79. The van der Waals surface area contributed by atoms with Crippen LogP contribution in [0, 0.1) is 29.1 Å². The van der Waals surface area contributed by atoms with E-state index in [0.29, 0.717) is 0 Å². The summed E-state index contributed by atoms with van der Waals surface area (Å²) < 4.78 is 0. The van der Waals surface area contributed by atoms with Crippen molar-refractivity contribution in [3.63, 3.8) is 0 Å². The first-order valence-electron chi connectivity index (χ1n) is 8.38. The highest BCUT2D eigenvalue weighted by Gasteiger charge is 2.77. The normalized spacial score (nSPS) is 47.9. The molecule has 0 aliphatic heterocycles. The minimum Gasteiger partial charge on any atom is -0.308 e. The quantitative estimate of drug-likeness (QED) is 0.917. The zero-order valence-corrected chi connectivity index (χ0v) is 12.0. The number of nitrogens with zero attached hydrogens (tertiary/aromatic N) is 2. The zero-order valence-electron chi connectivity index (χ0n) is 12.0. The SMILES string of the molecule is c1cnc(CNC2C[C@@H]3C[C@H]2[C@@H]2C4CCCC[C@]432)cn1. The summed E-state index contributed by atoms with van der Waals surface area (Å²) in [5.74, 6) is 4.22. The van der Waals surface area contributed by atoms with Crippen LogP contribution < -0.4 is 5.32 Å². The van der Waals surface area contributed by atoms with Crippen LogP contribution in [-0.4, -0.2) is 16.0 Å². The predicted octanol–water partition coefficient (Wildman–Crippen LogP) is 2.78. The molecule has 3 heteroatoms. The summed E-state index contributed by atoms with van der Waals surface area (Å²) >= 11 is 0. The molecule has 106 valence electrons. The Morgan fingerprint density at radius 2 is 2.25 bits per heavy atom. The lowest BCUT2D eigenvalue weighted by Gasteiger charge is -2.30. The highest BCUT2D eigenvalue weighted by Crippen LogP contribution is 2.81.